The number of carbonyl (C=O) groups is 1. The molecule has 0 unspecified atom stereocenters. The minimum Gasteiger partial charge on any atom is -0.492 e. The molecule has 6 heteroatoms. The largest absolute Gasteiger partial charge is 0.492 e. The van der Waals surface area contributed by atoms with Gasteiger partial charge in [0.2, 0.25) is 5.91 Å². The fourth-order valence-electron chi connectivity index (χ4n) is 2.20. The van der Waals surface area contributed by atoms with Crippen LogP contribution < -0.4 is 15.8 Å². The number of nitrogens with one attached hydrogen (secondary N) is 1. The summed E-state index contributed by atoms with van der Waals surface area (Å²) >= 11 is 0. The number of amides is 1. The van der Waals surface area contributed by atoms with E-state index >= 15 is 0 Å². The van der Waals surface area contributed by atoms with Crippen LogP contribution in [0.4, 0.5) is 5.69 Å². The van der Waals surface area contributed by atoms with Gasteiger partial charge in [-0.05, 0) is 51.2 Å². The Hall–Kier alpha value is -1.63. The maximum absolute atomic E-state index is 12.3. The predicted molar refractivity (Wildman–Crippen MR) is 86.1 cm³/mol. The minimum atomic E-state index is -0.834. The monoisotopic (exact) mass is 307 g/mol. The highest BCUT2D eigenvalue weighted by molar-refractivity contribution is 5.98. The first-order chi connectivity index (χ1) is 10.5. The molecule has 0 spiro atoms. The number of ether oxygens (including phenoxy) is 2. The zero-order valence-electron chi connectivity index (χ0n) is 13.3. The molecule has 0 atom stereocenters. The Bertz CT molecular complexity index is 482. The van der Waals surface area contributed by atoms with E-state index in [2.05, 4.69) is 10.2 Å². The highest BCUT2D eigenvalue weighted by Gasteiger charge is 2.35. The molecular formula is C16H25N3O3. The summed E-state index contributed by atoms with van der Waals surface area (Å²) < 4.78 is 10.9. The lowest BCUT2D eigenvalue weighted by Crippen LogP contribution is -2.54. The van der Waals surface area contributed by atoms with Crippen molar-refractivity contribution in [2.24, 2.45) is 5.73 Å². The van der Waals surface area contributed by atoms with E-state index in [0.717, 1.165) is 18.0 Å². The van der Waals surface area contributed by atoms with Gasteiger partial charge >= 0.3 is 0 Å². The number of rotatable bonds is 6. The number of anilines is 1. The van der Waals surface area contributed by atoms with Crippen molar-refractivity contribution in [2.75, 3.05) is 45.8 Å². The average molecular weight is 307 g/mol. The third-order valence-corrected chi connectivity index (χ3v) is 3.76. The number of carbonyl (C=O) groups excluding carboxylic acids is 1. The molecule has 6 nitrogen and oxygen atoms in total. The van der Waals surface area contributed by atoms with E-state index < -0.39 is 5.54 Å². The lowest BCUT2D eigenvalue weighted by molar-refractivity contribution is -0.124. The van der Waals surface area contributed by atoms with Crippen LogP contribution in [0.25, 0.3) is 0 Å². The quantitative estimate of drug-likeness (QED) is 0.822. The number of nitrogens with zero attached hydrogens (tertiary/aromatic N) is 1. The van der Waals surface area contributed by atoms with E-state index in [1.165, 1.54) is 0 Å². The van der Waals surface area contributed by atoms with Crippen LogP contribution in [0.3, 0.4) is 0 Å². The second kappa shape index (κ2) is 7.58. The van der Waals surface area contributed by atoms with Crippen molar-refractivity contribution < 1.29 is 14.3 Å². The number of hydrogen-bond donors (Lipinski definition) is 2. The third-order valence-electron chi connectivity index (χ3n) is 3.76. The van der Waals surface area contributed by atoms with Crippen molar-refractivity contribution in [3.8, 4) is 5.75 Å². The molecule has 22 heavy (non-hydrogen) atoms. The van der Waals surface area contributed by atoms with Gasteiger partial charge in [-0.1, -0.05) is 0 Å². The Labute approximate surface area is 131 Å². The zero-order valence-corrected chi connectivity index (χ0v) is 13.3. The Balaban J connectivity index is 1.86. The van der Waals surface area contributed by atoms with E-state index in [0.29, 0.717) is 32.7 Å². The minimum absolute atomic E-state index is 0.155. The van der Waals surface area contributed by atoms with Crippen molar-refractivity contribution in [2.45, 2.75) is 18.4 Å². The molecule has 1 heterocycles. The molecule has 1 saturated heterocycles. The van der Waals surface area contributed by atoms with Crippen molar-refractivity contribution in [1.82, 2.24) is 4.90 Å². The molecule has 1 aromatic carbocycles. The van der Waals surface area contributed by atoms with E-state index in [9.17, 15) is 4.79 Å². The van der Waals surface area contributed by atoms with Gasteiger partial charge in [-0.15, -0.1) is 0 Å². The fourth-order valence-corrected chi connectivity index (χ4v) is 2.20. The number of hydrogen-bond acceptors (Lipinski definition) is 5. The smallest absolute Gasteiger partial charge is 0.244 e. The van der Waals surface area contributed by atoms with Gasteiger partial charge in [-0.25, -0.2) is 0 Å². The molecule has 0 aromatic heterocycles. The normalized spacial score (nSPS) is 17.3. The Kier molecular flexibility index (Phi) is 5.76. The number of nitrogens with two attached hydrogens (primary N) is 1. The van der Waals surface area contributed by atoms with Crippen LogP contribution in [0.1, 0.15) is 12.8 Å². The van der Waals surface area contributed by atoms with Gasteiger partial charge in [0.15, 0.2) is 0 Å². The molecule has 1 aromatic rings. The second-order valence-corrected chi connectivity index (χ2v) is 5.90. The molecule has 2 rings (SSSR count). The molecule has 122 valence electrons. The van der Waals surface area contributed by atoms with Crippen LogP contribution in [0.15, 0.2) is 24.3 Å². The third kappa shape index (κ3) is 4.69. The van der Waals surface area contributed by atoms with Crippen molar-refractivity contribution >= 4 is 11.6 Å². The van der Waals surface area contributed by atoms with Crippen LogP contribution in [-0.4, -0.2) is 56.8 Å². The summed E-state index contributed by atoms with van der Waals surface area (Å²) in [6.07, 6.45) is 1.09. The number of likely N-dealkylation sites (N-methyl/N-ethyl adjacent to an activating group) is 1. The van der Waals surface area contributed by atoms with Gasteiger partial charge in [-0.2, -0.15) is 0 Å². The number of benzene rings is 1. The lowest BCUT2D eigenvalue weighted by atomic mass is 9.90. The molecule has 1 aliphatic rings. The Morgan fingerprint density at radius 3 is 2.55 bits per heavy atom. The molecule has 0 saturated carbocycles. The van der Waals surface area contributed by atoms with Gasteiger partial charge in [0.05, 0.1) is 0 Å². The van der Waals surface area contributed by atoms with E-state index in [1.807, 2.05) is 38.4 Å². The first-order valence-corrected chi connectivity index (χ1v) is 7.55. The molecule has 3 N–H and O–H groups in total. The van der Waals surface area contributed by atoms with Crippen molar-refractivity contribution in [3.63, 3.8) is 0 Å². The van der Waals surface area contributed by atoms with Gasteiger partial charge in [-0.3, -0.25) is 4.79 Å². The summed E-state index contributed by atoms with van der Waals surface area (Å²) in [6.45, 7) is 2.55. The van der Waals surface area contributed by atoms with Crippen LogP contribution in [0.2, 0.25) is 0 Å². The van der Waals surface area contributed by atoms with Crippen LogP contribution in [0.5, 0.6) is 5.75 Å². The summed E-state index contributed by atoms with van der Waals surface area (Å²) in [6, 6.07) is 7.34. The van der Waals surface area contributed by atoms with Gasteiger partial charge < -0.3 is 25.4 Å². The second-order valence-electron chi connectivity index (χ2n) is 5.90. The Morgan fingerprint density at radius 1 is 1.32 bits per heavy atom. The lowest BCUT2D eigenvalue weighted by Gasteiger charge is -2.31. The van der Waals surface area contributed by atoms with Crippen molar-refractivity contribution in [3.05, 3.63) is 24.3 Å². The highest BCUT2D eigenvalue weighted by atomic mass is 16.5. The zero-order chi connectivity index (χ0) is 16.0. The maximum atomic E-state index is 12.3. The molecule has 1 amide bonds. The van der Waals surface area contributed by atoms with E-state index in [-0.39, 0.29) is 5.91 Å². The SMILES string of the molecule is CN(C)CCOc1ccc(NC(=O)C2(N)CCOCC2)cc1. The fraction of sp³-hybridized carbons (Fsp3) is 0.562. The topological polar surface area (TPSA) is 76.8 Å². The van der Waals surface area contributed by atoms with E-state index in [1.54, 1.807) is 0 Å². The maximum Gasteiger partial charge on any atom is 0.244 e. The summed E-state index contributed by atoms with van der Waals surface area (Å²) in [7, 11) is 4.00. The summed E-state index contributed by atoms with van der Waals surface area (Å²) in [4.78, 5) is 14.4. The molecule has 0 radical (unpaired) electrons. The molecule has 1 aliphatic heterocycles. The Morgan fingerprint density at radius 2 is 1.95 bits per heavy atom. The predicted octanol–water partition coefficient (Wildman–Crippen LogP) is 1.07. The van der Waals surface area contributed by atoms with Crippen LogP contribution in [0, 0.1) is 0 Å². The molecular weight excluding hydrogens is 282 g/mol. The van der Waals surface area contributed by atoms with Gasteiger partial charge in [0.1, 0.15) is 17.9 Å². The first-order valence-electron chi connectivity index (χ1n) is 7.55. The van der Waals surface area contributed by atoms with Crippen LogP contribution >= 0.6 is 0 Å². The average Bonchev–Trinajstić information content (AvgIpc) is 2.49. The van der Waals surface area contributed by atoms with Crippen molar-refractivity contribution in [1.29, 1.82) is 0 Å². The first kappa shape index (κ1) is 16.7. The summed E-state index contributed by atoms with van der Waals surface area (Å²) in [5.41, 5.74) is 6.04. The standard InChI is InChI=1S/C16H25N3O3/c1-19(2)9-12-22-14-5-3-13(4-6-14)18-15(20)16(17)7-10-21-11-8-16/h3-6H,7-12,17H2,1-2H3,(H,18,20). The van der Waals surface area contributed by atoms with Gasteiger partial charge in [0.25, 0.3) is 0 Å². The summed E-state index contributed by atoms with van der Waals surface area (Å²) in [5.74, 6) is 0.630. The van der Waals surface area contributed by atoms with E-state index in [4.69, 9.17) is 15.2 Å². The highest BCUT2D eigenvalue weighted by Crippen LogP contribution is 2.21. The van der Waals surface area contributed by atoms with Crippen LogP contribution in [-0.2, 0) is 9.53 Å². The summed E-state index contributed by atoms with van der Waals surface area (Å²) in [5, 5.41) is 2.87. The molecule has 0 bridgehead atoms. The molecule has 1 fully saturated rings. The van der Waals surface area contributed by atoms with Gasteiger partial charge in [0, 0.05) is 25.4 Å². The molecule has 0 aliphatic carbocycles.